The average Bonchev–Trinajstić information content (AvgIpc) is 2.75. The Bertz CT molecular complexity index is 618. The van der Waals surface area contributed by atoms with E-state index in [9.17, 15) is 21.5 Å². The van der Waals surface area contributed by atoms with E-state index in [-0.39, 0.29) is 18.7 Å². The molecule has 1 unspecified atom stereocenters. The van der Waals surface area contributed by atoms with E-state index in [2.05, 4.69) is 21.2 Å². The van der Waals surface area contributed by atoms with Crippen LogP contribution < -0.4 is 5.32 Å². The van der Waals surface area contributed by atoms with E-state index in [1.807, 2.05) is 0 Å². The van der Waals surface area contributed by atoms with Gasteiger partial charge in [0.15, 0.2) is 0 Å². The largest absolute Gasteiger partial charge is 0.374 e. The summed E-state index contributed by atoms with van der Waals surface area (Å²) in [7, 11) is -4.73. The number of carbonyl (C=O) groups excluding carboxylic acids is 1. The predicted molar refractivity (Wildman–Crippen MR) is 71.6 cm³/mol. The van der Waals surface area contributed by atoms with Crippen LogP contribution in [-0.2, 0) is 10.4 Å². The zero-order valence-electron chi connectivity index (χ0n) is 10.1. The number of amides is 1. The van der Waals surface area contributed by atoms with Gasteiger partial charge in [0.2, 0.25) is 0 Å². The molecule has 1 aliphatic heterocycles. The molecule has 9 heteroatoms. The van der Waals surface area contributed by atoms with Crippen molar-refractivity contribution in [2.75, 3.05) is 13.1 Å². The molecule has 0 aliphatic carbocycles. The van der Waals surface area contributed by atoms with Crippen LogP contribution in [0.25, 0.3) is 0 Å². The molecule has 1 fully saturated rings. The lowest BCUT2D eigenvalue weighted by atomic mass is 10.2. The molecule has 1 saturated heterocycles. The molecule has 1 aromatic rings. The van der Waals surface area contributed by atoms with Crippen LogP contribution in [0.5, 0.6) is 0 Å². The molecule has 1 aromatic carbocycles. The van der Waals surface area contributed by atoms with E-state index in [0.717, 1.165) is 6.07 Å². The summed E-state index contributed by atoms with van der Waals surface area (Å²) in [5, 5.41) is 2.55. The van der Waals surface area contributed by atoms with Gasteiger partial charge in [0, 0.05) is 29.2 Å². The SMILES string of the molecule is O=C(NC1CCN(S(=O)(=O)F)C1)c1cc(F)cc(Br)c1. The Morgan fingerprint density at radius 3 is 2.65 bits per heavy atom. The smallest absolute Gasteiger partial charge is 0.348 e. The molecule has 1 heterocycles. The summed E-state index contributed by atoms with van der Waals surface area (Å²) in [6, 6.07) is 3.23. The number of hydrogen-bond donors (Lipinski definition) is 1. The van der Waals surface area contributed by atoms with Gasteiger partial charge in [-0.1, -0.05) is 19.8 Å². The molecular weight excluding hydrogens is 358 g/mol. The second kappa shape index (κ2) is 5.74. The minimum absolute atomic E-state index is 0.0105. The lowest BCUT2D eigenvalue weighted by molar-refractivity contribution is 0.0938. The summed E-state index contributed by atoms with van der Waals surface area (Å²) in [6.07, 6.45) is 0.311. The third-order valence-corrected chi connectivity index (χ3v) is 4.33. The number of rotatable bonds is 3. The second-order valence-electron chi connectivity index (χ2n) is 4.42. The van der Waals surface area contributed by atoms with Crippen molar-refractivity contribution in [1.82, 2.24) is 9.62 Å². The van der Waals surface area contributed by atoms with E-state index in [1.165, 1.54) is 12.1 Å². The maximum absolute atomic E-state index is 13.2. The summed E-state index contributed by atoms with van der Waals surface area (Å²) in [6.45, 7) is -0.113. The average molecular weight is 369 g/mol. The topological polar surface area (TPSA) is 66.5 Å². The van der Waals surface area contributed by atoms with Gasteiger partial charge < -0.3 is 5.32 Å². The molecule has 0 bridgehead atoms. The van der Waals surface area contributed by atoms with Crippen LogP contribution >= 0.6 is 15.9 Å². The molecule has 20 heavy (non-hydrogen) atoms. The fourth-order valence-corrected chi connectivity index (χ4v) is 3.14. The van der Waals surface area contributed by atoms with Crippen LogP contribution in [0.15, 0.2) is 22.7 Å². The van der Waals surface area contributed by atoms with E-state index < -0.39 is 28.2 Å². The highest BCUT2D eigenvalue weighted by Crippen LogP contribution is 2.17. The first kappa shape index (κ1) is 15.3. The molecule has 5 nitrogen and oxygen atoms in total. The number of nitrogens with one attached hydrogen (secondary N) is 1. The van der Waals surface area contributed by atoms with Gasteiger partial charge in [-0.15, -0.1) is 0 Å². The van der Waals surface area contributed by atoms with Crippen molar-refractivity contribution in [3.63, 3.8) is 0 Å². The van der Waals surface area contributed by atoms with Crippen LogP contribution in [0.2, 0.25) is 0 Å². The molecule has 1 amide bonds. The first-order valence-corrected chi connectivity index (χ1v) is 7.86. The molecule has 0 spiro atoms. The first-order chi connectivity index (χ1) is 9.25. The van der Waals surface area contributed by atoms with Crippen LogP contribution in [0.3, 0.4) is 0 Å². The van der Waals surface area contributed by atoms with Gasteiger partial charge in [-0.3, -0.25) is 4.79 Å². The Morgan fingerprint density at radius 2 is 2.10 bits per heavy atom. The van der Waals surface area contributed by atoms with E-state index in [4.69, 9.17) is 0 Å². The molecule has 0 aromatic heterocycles. The van der Waals surface area contributed by atoms with Gasteiger partial charge in [0.05, 0.1) is 0 Å². The summed E-state index contributed by atoms with van der Waals surface area (Å²) in [4.78, 5) is 11.9. The first-order valence-electron chi connectivity index (χ1n) is 5.72. The van der Waals surface area contributed by atoms with Gasteiger partial charge in [-0.2, -0.15) is 12.7 Å². The van der Waals surface area contributed by atoms with Crippen molar-refractivity contribution in [3.8, 4) is 0 Å². The highest BCUT2D eigenvalue weighted by atomic mass is 79.9. The number of benzene rings is 1. The fourth-order valence-electron chi connectivity index (χ4n) is 2.00. The Labute approximate surface area is 123 Å². The van der Waals surface area contributed by atoms with Gasteiger partial charge in [-0.05, 0) is 24.6 Å². The molecule has 1 aliphatic rings. The molecule has 2 rings (SSSR count). The van der Waals surface area contributed by atoms with Crippen molar-refractivity contribution < 1.29 is 21.5 Å². The second-order valence-corrected chi connectivity index (χ2v) is 6.67. The third-order valence-electron chi connectivity index (χ3n) is 2.92. The van der Waals surface area contributed by atoms with Gasteiger partial charge in [0.25, 0.3) is 5.91 Å². The number of hydrogen-bond acceptors (Lipinski definition) is 3. The summed E-state index contributed by atoms with van der Waals surface area (Å²) < 4.78 is 48.4. The van der Waals surface area contributed by atoms with Crippen molar-refractivity contribution in [2.45, 2.75) is 12.5 Å². The maximum atomic E-state index is 13.2. The zero-order valence-corrected chi connectivity index (χ0v) is 12.5. The summed E-state index contributed by atoms with van der Waals surface area (Å²) >= 11 is 3.07. The molecule has 1 atom stereocenters. The number of halogens is 3. The molecular formula is C11H11BrF2N2O3S. The van der Waals surface area contributed by atoms with Crippen LogP contribution in [0.1, 0.15) is 16.8 Å². The molecule has 110 valence electrons. The Hall–Kier alpha value is -1.06. The Morgan fingerprint density at radius 1 is 1.40 bits per heavy atom. The van der Waals surface area contributed by atoms with E-state index in [0.29, 0.717) is 15.2 Å². The zero-order chi connectivity index (χ0) is 14.9. The summed E-state index contributed by atoms with van der Waals surface area (Å²) in [5.41, 5.74) is 0.110. The quantitative estimate of drug-likeness (QED) is 0.824. The van der Waals surface area contributed by atoms with Gasteiger partial charge >= 0.3 is 10.4 Å². The van der Waals surface area contributed by atoms with Crippen molar-refractivity contribution in [2.24, 2.45) is 0 Å². The number of nitrogens with zero attached hydrogens (tertiary/aromatic N) is 1. The summed E-state index contributed by atoms with van der Waals surface area (Å²) in [5.74, 6) is -1.10. The van der Waals surface area contributed by atoms with E-state index >= 15 is 0 Å². The van der Waals surface area contributed by atoms with Gasteiger partial charge in [-0.25, -0.2) is 4.39 Å². The minimum Gasteiger partial charge on any atom is -0.348 e. The van der Waals surface area contributed by atoms with Gasteiger partial charge in [0.1, 0.15) is 5.82 Å². The third kappa shape index (κ3) is 3.74. The Balaban J connectivity index is 2.03. The number of carbonyl (C=O) groups is 1. The highest BCUT2D eigenvalue weighted by Gasteiger charge is 2.32. The minimum atomic E-state index is -4.73. The predicted octanol–water partition coefficient (Wildman–Crippen LogP) is 1.61. The monoisotopic (exact) mass is 368 g/mol. The molecule has 1 N–H and O–H groups in total. The normalized spacial score (nSPS) is 20.1. The molecule has 0 saturated carbocycles. The van der Waals surface area contributed by atoms with Crippen molar-refractivity contribution in [1.29, 1.82) is 0 Å². The molecule has 0 radical (unpaired) electrons. The maximum Gasteiger partial charge on any atom is 0.374 e. The standard InChI is InChI=1S/C11H11BrF2N2O3S/c12-8-3-7(4-9(13)5-8)11(17)15-10-1-2-16(6-10)20(14,18)19/h3-5,10H,1-2,6H2,(H,15,17). The Kier molecular flexibility index (Phi) is 4.40. The fraction of sp³-hybridized carbons (Fsp3) is 0.364. The van der Waals surface area contributed by atoms with Crippen LogP contribution in [-0.4, -0.2) is 37.8 Å². The van der Waals surface area contributed by atoms with Crippen LogP contribution in [0.4, 0.5) is 8.28 Å². The van der Waals surface area contributed by atoms with Crippen molar-refractivity contribution in [3.05, 3.63) is 34.1 Å². The van der Waals surface area contributed by atoms with Crippen molar-refractivity contribution >= 4 is 32.2 Å². The van der Waals surface area contributed by atoms with Crippen LogP contribution in [0, 0.1) is 5.82 Å². The van der Waals surface area contributed by atoms with E-state index in [1.54, 1.807) is 0 Å². The highest BCUT2D eigenvalue weighted by molar-refractivity contribution is 9.10. The lowest BCUT2D eigenvalue weighted by Crippen LogP contribution is -2.37. The lowest BCUT2D eigenvalue weighted by Gasteiger charge is -2.13.